The molecule has 0 heterocycles. The highest BCUT2D eigenvalue weighted by atomic mass is 16.6. The number of alkyl carbamates (subject to hydrolysis) is 1. The van der Waals surface area contributed by atoms with E-state index in [9.17, 15) is 24.3 Å². The first kappa shape index (κ1) is 30.9. The van der Waals surface area contributed by atoms with Crippen molar-refractivity contribution in [2.24, 2.45) is 5.73 Å². The number of nitrogens with zero attached hydrogens (tertiary/aromatic N) is 1. The van der Waals surface area contributed by atoms with E-state index in [2.05, 4.69) is 10.6 Å². The number of fused-ring (bicyclic) bond motifs is 1. The Morgan fingerprint density at radius 3 is 2.32 bits per heavy atom. The van der Waals surface area contributed by atoms with Gasteiger partial charge in [0, 0.05) is 17.8 Å². The molecule has 0 spiro atoms. The Labute approximate surface area is 239 Å². The van der Waals surface area contributed by atoms with Gasteiger partial charge in [-0.2, -0.15) is 0 Å². The number of aryl methyl sites for hydroxylation is 1. The summed E-state index contributed by atoms with van der Waals surface area (Å²) in [6.45, 7) is 8.56. The molecule has 3 aromatic carbocycles. The van der Waals surface area contributed by atoms with E-state index in [-0.39, 0.29) is 17.9 Å². The van der Waals surface area contributed by atoms with Crippen LogP contribution >= 0.6 is 0 Å². The largest absolute Gasteiger partial charge is 0.507 e. The maximum absolute atomic E-state index is 14.0. The predicted molar refractivity (Wildman–Crippen MR) is 157 cm³/mol. The predicted octanol–water partition coefficient (Wildman–Crippen LogP) is 4.54. The van der Waals surface area contributed by atoms with Gasteiger partial charge < -0.3 is 31.1 Å². The van der Waals surface area contributed by atoms with Crippen molar-refractivity contribution in [2.75, 3.05) is 11.9 Å². The Morgan fingerprint density at radius 2 is 1.68 bits per heavy atom. The summed E-state index contributed by atoms with van der Waals surface area (Å²) in [5, 5.41) is 18.2. The van der Waals surface area contributed by atoms with Crippen molar-refractivity contribution in [2.45, 2.75) is 65.1 Å². The quantitative estimate of drug-likeness (QED) is 0.285. The number of rotatable bonds is 10. The molecule has 2 unspecified atom stereocenters. The topological polar surface area (TPSA) is 151 Å². The number of nitrogens with one attached hydrogen (secondary N) is 2. The lowest BCUT2D eigenvalue weighted by Crippen LogP contribution is -2.53. The monoisotopic (exact) mass is 562 g/mol. The molecule has 0 aromatic heterocycles. The molecule has 10 nitrogen and oxygen atoms in total. The Balaban J connectivity index is 2.05. The van der Waals surface area contributed by atoms with E-state index < -0.39 is 47.9 Å². The zero-order chi connectivity index (χ0) is 30.3. The van der Waals surface area contributed by atoms with Gasteiger partial charge >= 0.3 is 6.09 Å². The first-order valence-corrected chi connectivity index (χ1v) is 13.5. The number of nitrogens with two attached hydrogens (primary N) is 1. The Kier molecular flexibility index (Phi) is 9.94. The van der Waals surface area contributed by atoms with Gasteiger partial charge in [0.15, 0.2) is 0 Å². The van der Waals surface area contributed by atoms with Gasteiger partial charge in [-0.15, -0.1) is 0 Å². The van der Waals surface area contributed by atoms with E-state index in [1.165, 1.54) is 4.90 Å². The lowest BCUT2D eigenvalue weighted by Gasteiger charge is -2.34. The molecule has 0 radical (unpaired) electrons. The maximum Gasteiger partial charge on any atom is 0.408 e. The van der Waals surface area contributed by atoms with Crippen molar-refractivity contribution >= 4 is 40.3 Å². The second-order valence-corrected chi connectivity index (χ2v) is 10.9. The third-order valence-electron chi connectivity index (χ3n) is 6.28. The number of primary amides is 1. The summed E-state index contributed by atoms with van der Waals surface area (Å²) < 4.78 is 5.29. The summed E-state index contributed by atoms with van der Waals surface area (Å²) in [6, 6.07) is 15.3. The summed E-state index contributed by atoms with van der Waals surface area (Å²) in [7, 11) is 0. The third-order valence-corrected chi connectivity index (χ3v) is 6.28. The number of para-hydroxylation sites is 1. The summed E-state index contributed by atoms with van der Waals surface area (Å²) in [4.78, 5) is 53.7. The van der Waals surface area contributed by atoms with Crippen molar-refractivity contribution in [3.8, 4) is 5.75 Å². The van der Waals surface area contributed by atoms with Crippen molar-refractivity contribution < 1.29 is 29.0 Å². The number of phenols is 1. The molecule has 0 aliphatic carbocycles. The molecule has 4 amide bonds. The number of benzene rings is 3. The molecule has 0 saturated heterocycles. The number of hydrogen-bond acceptors (Lipinski definition) is 6. The van der Waals surface area contributed by atoms with Gasteiger partial charge in [-0.1, -0.05) is 55.5 Å². The summed E-state index contributed by atoms with van der Waals surface area (Å²) in [5.74, 6) is -2.29. The Hall–Kier alpha value is -4.60. The van der Waals surface area contributed by atoms with Crippen molar-refractivity contribution in [1.29, 1.82) is 0 Å². The van der Waals surface area contributed by atoms with Gasteiger partial charge in [0.25, 0.3) is 5.91 Å². The van der Waals surface area contributed by atoms with E-state index in [0.29, 0.717) is 17.7 Å². The molecule has 0 aliphatic heterocycles. The highest BCUT2D eigenvalue weighted by Crippen LogP contribution is 2.33. The molecule has 3 aromatic rings. The number of hydrogen-bond donors (Lipinski definition) is 4. The molecule has 2 atom stereocenters. The van der Waals surface area contributed by atoms with Crippen LogP contribution in [0.25, 0.3) is 10.8 Å². The lowest BCUT2D eigenvalue weighted by atomic mass is 9.98. The van der Waals surface area contributed by atoms with Crippen molar-refractivity contribution in [3.63, 3.8) is 0 Å². The Morgan fingerprint density at radius 1 is 1.00 bits per heavy atom. The number of phenolic OH excluding ortho intramolecular Hbond substituents is 1. The van der Waals surface area contributed by atoms with E-state index in [1.54, 1.807) is 52.0 Å². The summed E-state index contributed by atoms with van der Waals surface area (Å²) in [6.07, 6.45) is -0.991. The van der Waals surface area contributed by atoms with Crippen molar-refractivity contribution in [1.82, 2.24) is 10.2 Å². The number of carbonyl (C=O) groups is 4. The van der Waals surface area contributed by atoms with E-state index in [4.69, 9.17) is 10.5 Å². The lowest BCUT2D eigenvalue weighted by molar-refractivity contribution is -0.142. The number of aromatic hydroxyl groups is 1. The number of ether oxygens (including phenoxy) is 1. The van der Waals surface area contributed by atoms with Crippen LogP contribution in [-0.2, 0) is 19.1 Å². The average molecular weight is 563 g/mol. The van der Waals surface area contributed by atoms with Gasteiger partial charge in [0.2, 0.25) is 11.8 Å². The van der Waals surface area contributed by atoms with Gasteiger partial charge in [0.1, 0.15) is 23.4 Å². The van der Waals surface area contributed by atoms with Crippen LogP contribution in [0, 0.1) is 6.92 Å². The van der Waals surface area contributed by atoms with Gasteiger partial charge in [-0.05, 0) is 62.6 Å². The fourth-order valence-corrected chi connectivity index (χ4v) is 4.49. The van der Waals surface area contributed by atoms with Crippen LogP contribution in [0.1, 0.15) is 57.7 Å². The minimum atomic E-state index is -1.41. The van der Waals surface area contributed by atoms with E-state index >= 15 is 0 Å². The minimum absolute atomic E-state index is 0.0767. The van der Waals surface area contributed by atoms with Crippen LogP contribution in [0.3, 0.4) is 0 Å². The molecule has 41 heavy (non-hydrogen) atoms. The molecule has 10 heteroatoms. The normalized spacial score (nSPS) is 12.7. The molecule has 5 N–H and O–H groups in total. The molecule has 0 bridgehead atoms. The molecular weight excluding hydrogens is 524 g/mol. The average Bonchev–Trinajstić information content (AvgIpc) is 2.88. The fraction of sp³-hybridized carbons (Fsp3) is 0.355. The molecular formula is C31H38N4O6. The summed E-state index contributed by atoms with van der Waals surface area (Å²) >= 11 is 0. The van der Waals surface area contributed by atoms with Gasteiger partial charge in [0.05, 0.1) is 6.42 Å². The SMILES string of the molecule is CCCN(C(=O)C(CC(N)=O)NC(=O)OC(C)(C)C)C(C(=O)Nc1ccc2ccccc2c1)c1cccc(C)c1O. The van der Waals surface area contributed by atoms with Crippen molar-refractivity contribution in [3.05, 3.63) is 71.8 Å². The highest BCUT2D eigenvalue weighted by Gasteiger charge is 2.38. The minimum Gasteiger partial charge on any atom is -0.507 e. The smallest absolute Gasteiger partial charge is 0.408 e. The highest BCUT2D eigenvalue weighted by molar-refractivity contribution is 6.01. The van der Waals surface area contributed by atoms with Crippen LogP contribution in [0.4, 0.5) is 10.5 Å². The van der Waals surface area contributed by atoms with Gasteiger partial charge in [-0.25, -0.2) is 4.79 Å². The third kappa shape index (κ3) is 8.20. The second kappa shape index (κ2) is 13.2. The zero-order valence-corrected chi connectivity index (χ0v) is 24.1. The number of amides is 4. The standard InChI is InChI=1S/C31H38N4O6/c1-6-16-35(29(39)24(18-25(32)36)34-30(40)41-31(3,4)5)26(23-13-9-10-19(2)27(23)37)28(38)33-22-15-14-20-11-7-8-12-21(20)17-22/h7-15,17,24,26,37H,6,16,18H2,1-5H3,(H2,32,36)(H,33,38)(H,34,40). The van der Waals surface area contributed by atoms with E-state index in [0.717, 1.165) is 10.8 Å². The molecule has 0 aliphatic rings. The Bertz CT molecular complexity index is 1430. The number of anilines is 1. The fourth-order valence-electron chi connectivity index (χ4n) is 4.49. The van der Waals surface area contributed by atoms with Crippen LogP contribution in [0.15, 0.2) is 60.7 Å². The first-order chi connectivity index (χ1) is 19.3. The van der Waals surface area contributed by atoms with E-state index in [1.807, 2.05) is 43.3 Å². The maximum atomic E-state index is 14.0. The zero-order valence-electron chi connectivity index (χ0n) is 24.1. The molecule has 218 valence electrons. The second-order valence-electron chi connectivity index (χ2n) is 10.9. The number of carbonyl (C=O) groups excluding carboxylic acids is 4. The summed E-state index contributed by atoms with van der Waals surface area (Å²) in [5.41, 5.74) is 5.77. The van der Waals surface area contributed by atoms with Crippen LogP contribution < -0.4 is 16.4 Å². The van der Waals surface area contributed by atoms with Crippen LogP contribution in [0.2, 0.25) is 0 Å². The van der Waals surface area contributed by atoms with Crippen LogP contribution in [0.5, 0.6) is 5.75 Å². The first-order valence-electron chi connectivity index (χ1n) is 13.5. The van der Waals surface area contributed by atoms with Crippen LogP contribution in [-0.4, -0.2) is 52.0 Å². The molecule has 3 rings (SSSR count). The molecule has 0 fully saturated rings. The molecule has 0 saturated carbocycles. The van der Waals surface area contributed by atoms with Gasteiger partial charge in [-0.3, -0.25) is 14.4 Å².